The summed E-state index contributed by atoms with van der Waals surface area (Å²) in [6, 6.07) is 6.73. The monoisotopic (exact) mass is 482 g/mol. The smallest absolute Gasteiger partial charge is 0.417 e. The average Bonchev–Trinajstić information content (AvgIpc) is 3.27. The van der Waals surface area contributed by atoms with Gasteiger partial charge in [0.25, 0.3) is 0 Å². The van der Waals surface area contributed by atoms with Crippen LogP contribution in [0, 0.1) is 5.92 Å². The van der Waals surface area contributed by atoms with E-state index in [0.29, 0.717) is 17.7 Å². The maximum Gasteiger partial charge on any atom is 0.417 e. The molecule has 1 aliphatic carbocycles. The molecule has 0 bridgehead atoms. The third-order valence-electron chi connectivity index (χ3n) is 5.30. The van der Waals surface area contributed by atoms with Crippen molar-refractivity contribution in [2.75, 3.05) is 0 Å². The Hall–Kier alpha value is -3.07. The highest BCUT2D eigenvalue weighted by Crippen LogP contribution is 2.34. The van der Waals surface area contributed by atoms with E-state index in [-0.39, 0.29) is 34.7 Å². The number of carbonyl (C=O) groups excluding carboxylic acids is 1. The van der Waals surface area contributed by atoms with E-state index in [1.165, 1.54) is 43.2 Å². The molecule has 0 spiro atoms. The number of pyridine rings is 1. The summed E-state index contributed by atoms with van der Waals surface area (Å²) in [5, 5.41) is 11.5. The third-order valence-corrected chi connectivity index (χ3v) is 5.57. The third kappa shape index (κ3) is 7.21. The molecule has 0 aliphatic heterocycles. The van der Waals surface area contributed by atoms with E-state index in [0.717, 1.165) is 25.3 Å². The van der Waals surface area contributed by atoms with Gasteiger partial charge in [-0.2, -0.15) is 13.2 Å². The van der Waals surface area contributed by atoms with Crippen LogP contribution in [0.5, 0.6) is 11.6 Å². The molecule has 1 aromatic carbocycles. The standard InChI is InChI=1S/C23H22ClF3N2O4/c24-18-12-16(23(25,26)27)13-28-21(18)33-17-8-5-15(6-9-17)11-19(22(31)32)29-20(30)10-7-14-3-1-2-4-14/h5-6,8-9,11-14H,1-4,7,10H2,(H,29,30)(H,31,32). The number of benzene rings is 1. The van der Waals surface area contributed by atoms with Crippen LogP contribution in [0.15, 0.2) is 42.2 Å². The Morgan fingerprint density at radius 2 is 1.88 bits per heavy atom. The number of amides is 1. The Morgan fingerprint density at radius 3 is 2.45 bits per heavy atom. The van der Waals surface area contributed by atoms with Crippen molar-refractivity contribution in [3.8, 4) is 11.6 Å². The van der Waals surface area contributed by atoms with E-state index in [4.69, 9.17) is 16.3 Å². The van der Waals surface area contributed by atoms with Crippen LogP contribution >= 0.6 is 11.6 Å². The van der Waals surface area contributed by atoms with Crippen molar-refractivity contribution in [1.82, 2.24) is 10.3 Å². The summed E-state index contributed by atoms with van der Waals surface area (Å²) in [6.45, 7) is 0. The van der Waals surface area contributed by atoms with E-state index >= 15 is 0 Å². The van der Waals surface area contributed by atoms with Crippen molar-refractivity contribution >= 4 is 29.6 Å². The highest BCUT2D eigenvalue weighted by Gasteiger charge is 2.31. The summed E-state index contributed by atoms with van der Waals surface area (Å²) in [7, 11) is 0. The Bertz CT molecular complexity index is 1030. The fourth-order valence-electron chi connectivity index (χ4n) is 3.56. The number of alkyl halides is 3. The first kappa shape index (κ1) is 24.6. The number of halogens is 4. The van der Waals surface area contributed by atoms with Crippen molar-refractivity contribution in [3.63, 3.8) is 0 Å². The number of hydrogen-bond acceptors (Lipinski definition) is 4. The van der Waals surface area contributed by atoms with Gasteiger partial charge in [-0.15, -0.1) is 0 Å². The minimum absolute atomic E-state index is 0.200. The Morgan fingerprint density at radius 1 is 1.21 bits per heavy atom. The minimum Gasteiger partial charge on any atom is -0.477 e. The molecule has 3 rings (SSSR count). The van der Waals surface area contributed by atoms with Crippen molar-refractivity contribution in [2.24, 2.45) is 5.92 Å². The van der Waals surface area contributed by atoms with Crippen LogP contribution in [-0.2, 0) is 15.8 Å². The summed E-state index contributed by atoms with van der Waals surface area (Å²) >= 11 is 5.83. The second-order valence-corrected chi connectivity index (χ2v) is 8.19. The van der Waals surface area contributed by atoms with Crippen LogP contribution in [-0.4, -0.2) is 22.0 Å². The molecule has 0 radical (unpaired) electrons. The van der Waals surface area contributed by atoms with Gasteiger partial charge in [0.05, 0.1) is 5.56 Å². The SMILES string of the molecule is O=C(CCC1CCCC1)NC(=Cc1ccc(Oc2ncc(C(F)(F)F)cc2Cl)cc1)C(=O)O. The first-order chi connectivity index (χ1) is 15.6. The van der Waals surface area contributed by atoms with Crippen LogP contribution in [0.4, 0.5) is 13.2 Å². The second-order valence-electron chi connectivity index (χ2n) is 7.78. The van der Waals surface area contributed by atoms with Crippen molar-refractivity contribution in [1.29, 1.82) is 0 Å². The van der Waals surface area contributed by atoms with Crippen LogP contribution in [0.1, 0.15) is 49.7 Å². The number of rotatable bonds is 8. The molecule has 6 nitrogen and oxygen atoms in total. The van der Waals surface area contributed by atoms with Gasteiger partial charge in [0.15, 0.2) is 0 Å². The number of carbonyl (C=O) groups is 2. The van der Waals surface area contributed by atoms with Gasteiger partial charge in [0.1, 0.15) is 16.5 Å². The molecule has 1 aliphatic rings. The van der Waals surface area contributed by atoms with E-state index in [2.05, 4.69) is 10.3 Å². The summed E-state index contributed by atoms with van der Waals surface area (Å²) in [5.41, 5.74) is -0.776. The second kappa shape index (κ2) is 10.7. The quantitative estimate of drug-likeness (QED) is 0.446. The predicted molar refractivity (Wildman–Crippen MR) is 116 cm³/mol. The maximum absolute atomic E-state index is 12.7. The summed E-state index contributed by atoms with van der Waals surface area (Å²) < 4.78 is 43.5. The molecule has 1 aromatic heterocycles. The van der Waals surface area contributed by atoms with Gasteiger partial charge in [-0.05, 0) is 42.2 Å². The fourth-order valence-corrected chi connectivity index (χ4v) is 3.77. The molecule has 1 amide bonds. The Kier molecular flexibility index (Phi) is 7.97. The van der Waals surface area contributed by atoms with Crippen LogP contribution in [0.2, 0.25) is 5.02 Å². The van der Waals surface area contributed by atoms with Crippen LogP contribution in [0.3, 0.4) is 0 Å². The van der Waals surface area contributed by atoms with Crippen molar-refractivity contribution in [2.45, 2.75) is 44.7 Å². The molecular weight excluding hydrogens is 461 g/mol. The molecule has 1 fully saturated rings. The number of carboxylic acids is 1. The lowest BCUT2D eigenvalue weighted by Crippen LogP contribution is -2.27. The van der Waals surface area contributed by atoms with E-state index in [1.54, 1.807) is 0 Å². The van der Waals surface area contributed by atoms with Crippen LogP contribution in [0.25, 0.3) is 6.08 Å². The first-order valence-corrected chi connectivity index (χ1v) is 10.7. The van der Waals surface area contributed by atoms with Gasteiger partial charge in [0, 0.05) is 12.6 Å². The summed E-state index contributed by atoms with van der Waals surface area (Å²) in [4.78, 5) is 27.3. The number of hydrogen-bond donors (Lipinski definition) is 2. The van der Waals surface area contributed by atoms with Crippen molar-refractivity contribution in [3.05, 3.63) is 58.4 Å². The lowest BCUT2D eigenvalue weighted by molar-refractivity contribution is -0.138. The van der Waals surface area contributed by atoms with Gasteiger partial charge in [-0.3, -0.25) is 4.79 Å². The zero-order valence-electron chi connectivity index (χ0n) is 17.5. The highest BCUT2D eigenvalue weighted by molar-refractivity contribution is 6.31. The van der Waals surface area contributed by atoms with Crippen LogP contribution < -0.4 is 10.1 Å². The molecule has 1 heterocycles. The zero-order chi connectivity index (χ0) is 24.0. The molecule has 1 saturated carbocycles. The number of nitrogens with zero attached hydrogens (tertiary/aromatic N) is 1. The molecule has 176 valence electrons. The van der Waals surface area contributed by atoms with Gasteiger partial charge >= 0.3 is 12.1 Å². The molecule has 0 saturated heterocycles. The lowest BCUT2D eigenvalue weighted by atomic mass is 10.0. The maximum atomic E-state index is 12.7. The first-order valence-electron chi connectivity index (χ1n) is 10.4. The van der Waals surface area contributed by atoms with Gasteiger partial charge in [-0.25, -0.2) is 9.78 Å². The van der Waals surface area contributed by atoms with Gasteiger partial charge in [-0.1, -0.05) is 49.4 Å². The number of carboxylic acid groups (broad SMARTS) is 1. The number of aliphatic carboxylic acids is 1. The zero-order valence-corrected chi connectivity index (χ0v) is 18.2. The number of aromatic nitrogens is 1. The van der Waals surface area contributed by atoms with Crippen molar-refractivity contribution < 1.29 is 32.6 Å². The van der Waals surface area contributed by atoms with Gasteiger partial charge < -0.3 is 15.2 Å². The summed E-state index contributed by atoms with van der Waals surface area (Å²) in [5.74, 6) is -1.07. The Labute approximate surface area is 193 Å². The largest absolute Gasteiger partial charge is 0.477 e. The van der Waals surface area contributed by atoms with E-state index < -0.39 is 17.7 Å². The summed E-state index contributed by atoms with van der Waals surface area (Å²) in [6.07, 6.45) is 2.93. The fraction of sp³-hybridized carbons (Fsp3) is 0.348. The molecule has 10 heteroatoms. The Balaban J connectivity index is 1.63. The molecular formula is C23H22ClF3N2O4. The van der Waals surface area contributed by atoms with E-state index in [9.17, 15) is 27.9 Å². The molecule has 0 unspecified atom stereocenters. The molecule has 2 N–H and O–H groups in total. The average molecular weight is 483 g/mol. The molecule has 2 aromatic rings. The molecule has 33 heavy (non-hydrogen) atoms. The highest BCUT2D eigenvalue weighted by atomic mass is 35.5. The molecule has 0 atom stereocenters. The number of nitrogens with one attached hydrogen (secondary N) is 1. The normalized spacial score (nSPS) is 14.8. The lowest BCUT2D eigenvalue weighted by Gasteiger charge is -2.11. The van der Waals surface area contributed by atoms with Gasteiger partial charge in [0.2, 0.25) is 11.8 Å². The predicted octanol–water partition coefficient (Wildman–Crippen LogP) is 6.06. The van der Waals surface area contributed by atoms with E-state index in [1.807, 2.05) is 0 Å². The minimum atomic E-state index is -4.57. The topological polar surface area (TPSA) is 88.5 Å². The number of ether oxygens (including phenoxy) is 1.